The number of hydrogen-bond donors (Lipinski definition) is 0. The minimum Gasteiger partial charge on any atom is -0.463 e. The van der Waals surface area contributed by atoms with Crippen LogP contribution >= 0.6 is 34.8 Å². The third kappa shape index (κ3) is 3.97. The highest BCUT2D eigenvalue weighted by Crippen LogP contribution is 2.38. The fourth-order valence-electron chi connectivity index (χ4n) is 1.89. The molecule has 0 amide bonds. The van der Waals surface area contributed by atoms with Crippen molar-refractivity contribution in [2.24, 2.45) is 0 Å². The summed E-state index contributed by atoms with van der Waals surface area (Å²) in [4.78, 5) is 22.3. The molecule has 1 unspecified atom stereocenters. The van der Waals surface area contributed by atoms with Crippen LogP contribution in [0.3, 0.4) is 0 Å². The second-order valence-corrected chi connectivity index (χ2v) is 5.87. The normalized spacial score (nSPS) is 11.9. The van der Waals surface area contributed by atoms with Crippen molar-refractivity contribution in [3.8, 4) is 11.6 Å². The van der Waals surface area contributed by atoms with Crippen LogP contribution in [0, 0.1) is 10.1 Å². The third-order valence-corrected chi connectivity index (χ3v) is 4.34. The smallest absolute Gasteiger partial charge is 0.350 e. The minimum atomic E-state index is -1.10. The fraction of sp³-hybridized carbons (Fsp3) is 0.286. The van der Waals surface area contributed by atoms with E-state index in [1.807, 2.05) is 0 Å². The predicted octanol–water partition coefficient (Wildman–Crippen LogP) is 4.07. The number of benzene rings is 1. The van der Waals surface area contributed by atoms with Crippen LogP contribution < -0.4 is 4.74 Å². The first-order valence-corrected chi connectivity index (χ1v) is 8.10. The Labute approximate surface area is 157 Å². The topological polar surface area (TPSA) is 96.5 Å². The summed E-state index contributed by atoms with van der Waals surface area (Å²) in [6, 6.07) is 2.92. The van der Waals surface area contributed by atoms with Gasteiger partial charge in [0, 0.05) is 0 Å². The Morgan fingerprint density at radius 3 is 2.64 bits per heavy atom. The largest absolute Gasteiger partial charge is 0.463 e. The maximum Gasteiger partial charge on any atom is 0.350 e. The molecular weight excluding hydrogens is 397 g/mol. The average Bonchev–Trinajstić information content (AvgIpc) is 2.96. The van der Waals surface area contributed by atoms with Gasteiger partial charge in [-0.3, -0.25) is 10.1 Å². The SMILES string of the molecule is CCOC(=O)C(C)Oc1c([N+](=O)[O-])cnn1-c1ccc(Cl)c(Cl)c1Cl. The summed E-state index contributed by atoms with van der Waals surface area (Å²) in [5, 5.41) is 15.4. The first-order chi connectivity index (χ1) is 11.8. The minimum absolute atomic E-state index is 0.0285. The van der Waals surface area contributed by atoms with Gasteiger partial charge in [0.15, 0.2) is 6.10 Å². The van der Waals surface area contributed by atoms with Gasteiger partial charge >= 0.3 is 11.7 Å². The van der Waals surface area contributed by atoms with Crippen molar-refractivity contribution in [1.29, 1.82) is 0 Å². The standard InChI is InChI=1S/C14H12Cl3N3O5/c1-3-24-14(21)7(2)25-13-10(20(22)23)6-18-19(13)9-5-4-8(15)11(16)12(9)17/h4-7H,3H2,1-2H3. The molecule has 0 aliphatic carbocycles. The molecule has 11 heteroatoms. The second kappa shape index (κ2) is 7.90. The van der Waals surface area contributed by atoms with Crippen LogP contribution in [0.15, 0.2) is 18.3 Å². The van der Waals surface area contributed by atoms with Crippen molar-refractivity contribution in [2.45, 2.75) is 20.0 Å². The third-order valence-electron chi connectivity index (χ3n) is 3.05. The maximum atomic E-state index is 11.8. The molecule has 134 valence electrons. The van der Waals surface area contributed by atoms with E-state index >= 15 is 0 Å². The highest BCUT2D eigenvalue weighted by Gasteiger charge is 2.29. The van der Waals surface area contributed by atoms with E-state index in [-0.39, 0.29) is 33.2 Å². The lowest BCUT2D eigenvalue weighted by Crippen LogP contribution is -2.27. The molecule has 25 heavy (non-hydrogen) atoms. The van der Waals surface area contributed by atoms with Crippen LogP contribution in [0.2, 0.25) is 15.1 Å². The summed E-state index contributed by atoms with van der Waals surface area (Å²) >= 11 is 18.0. The van der Waals surface area contributed by atoms with Gasteiger partial charge in [-0.15, -0.1) is 0 Å². The fourth-order valence-corrected chi connectivity index (χ4v) is 2.50. The Hall–Kier alpha value is -2.03. The molecule has 2 aromatic rings. The first kappa shape index (κ1) is 19.3. The van der Waals surface area contributed by atoms with Crippen LogP contribution in [0.5, 0.6) is 5.88 Å². The van der Waals surface area contributed by atoms with Gasteiger partial charge in [0.05, 0.1) is 32.3 Å². The monoisotopic (exact) mass is 407 g/mol. The van der Waals surface area contributed by atoms with Gasteiger partial charge < -0.3 is 9.47 Å². The van der Waals surface area contributed by atoms with Gasteiger partial charge in [-0.1, -0.05) is 34.8 Å². The number of carbonyl (C=O) groups is 1. The van der Waals surface area contributed by atoms with Crippen LogP contribution in [-0.4, -0.2) is 33.4 Å². The van der Waals surface area contributed by atoms with E-state index in [2.05, 4.69) is 5.10 Å². The summed E-state index contributed by atoms with van der Waals surface area (Å²) in [5.41, 5.74) is -0.242. The molecule has 0 spiro atoms. The summed E-state index contributed by atoms with van der Waals surface area (Å²) in [7, 11) is 0. The average molecular weight is 409 g/mol. The molecule has 0 bridgehead atoms. The van der Waals surface area contributed by atoms with Gasteiger partial charge in [0.1, 0.15) is 6.20 Å². The number of rotatable bonds is 6. The second-order valence-electron chi connectivity index (χ2n) is 4.71. The molecule has 0 saturated carbocycles. The van der Waals surface area contributed by atoms with E-state index in [0.29, 0.717) is 0 Å². The molecule has 0 aliphatic rings. The van der Waals surface area contributed by atoms with E-state index < -0.39 is 22.7 Å². The Kier molecular flexibility index (Phi) is 6.10. The van der Waals surface area contributed by atoms with Gasteiger partial charge in [-0.2, -0.15) is 9.78 Å². The number of carbonyl (C=O) groups excluding carboxylic acids is 1. The Morgan fingerprint density at radius 1 is 1.36 bits per heavy atom. The number of esters is 1. The van der Waals surface area contributed by atoms with Crippen LogP contribution in [0.4, 0.5) is 5.69 Å². The molecule has 0 saturated heterocycles. The van der Waals surface area contributed by atoms with E-state index in [0.717, 1.165) is 10.9 Å². The van der Waals surface area contributed by atoms with Crippen molar-refractivity contribution >= 4 is 46.5 Å². The van der Waals surface area contributed by atoms with Crippen LogP contribution in [0.1, 0.15) is 13.8 Å². The number of halogens is 3. The van der Waals surface area contributed by atoms with Crippen molar-refractivity contribution in [3.63, 3.8) is 0 Å². The van der Waals surface area contributed by atoms with Gasteiger partial charge in [-0.05, 0) is 26.0 Å². The van der Waals surface area contributed by atoms with Gasteiger partial charge in [0.2, 0.25) is 0 Å². The zero-order chi connectivity index (χ0) is 18.7. The van der Waals surface area contributed by atoms with Gasteiger partial charge in [0.25, 0.3) is 5.88 Å². The lowest BCUT2D eigenvalue weighted by Gasteiger charge is -2.15. The van der Waals surface area contributed by atoms with Crippen LogP contribution in [-0.2, 0) is 9.53 Å². The highest BCUT2D eigenvalue weighted by molar-refractivity contribution is 6.48. The number of hydrogen-bond acceptors (Lipinski definition) is 6. The van der Waals surface area contributed by atoms with E-state index in [1.54, 1.807) is 6.92 Å². The molecular formula is C14H12Cl3N3O5. The predicted molar refractivity (Wildman–Crippen MR) is 92.0 cm³/mol. The van der Waals surface area contributed by atoms with Crippen LogP contribution in [0.25, 0.3) is 5.69 Å². The Balaban J connectivity index is 2.52. The molecule has 0 radical (unpaired) electrons. The zero-order valence-electron chi connectivity index (χ0n) is 13.0. The molecule has 0 N–H and O–H groups in total. The first-order valence-electron chi connectivity index (χ1n) is 6.97. The maximum absolute atomic E-state index is 11.8. The molecule has 1 aromatic heterocycles. The van der Waals surface area contributed by atoms with Crippen molar-refractivity contribution < 1.29 is 19.2 Å². The number of ether oxygens (including phenoxy) is 2. The lowest BCUT2D eigenvalue weighted by atomic mass is 10.3. The van der Waals surface area contributed by atoms with Crippen molar-refractivity contribution in [3.05, 3.63) is 43.5 Å². The molecule has 8 nitrogen and oxygen atoms in total. The number of aromatic nitrogens is 2. The van der Waals surface area contributed by atoms with E-state index in [4.69, 9.17) is 44.3 Å². The summed E-state index contributed by atoms with van der Waals surface area (Å²) in [6.07, 6.45) is -0.123. The van der Waals surface area contributed by atoms with E-state index in [9.17, 15) is 14.9 Å². The Bertz CT molecular complexity index is 824. The zero-order valence-corrected chi connectivity index (χ0v) is 15.3. The molecule has 1 heterocycles. The van der Waals surface area contributed by atoms with Crippen molar-refractivity contribution in [1.82, 2.24) is 9.78 Å². The van der Waals surface area contributed by atoms with Gasteiger partial charge in [-0.25, -0.2) is 4.79 Å². The Morgan fingerprint density at radius 2 is 2.04 bits per heavy atom. The quantitative estimate of drug-likeness (QED) is 0.309. The molecule has 0 fully saturated rings. The molecule has 2 rings (SSSR count). The number of nitrogens with zero attached hydrogens (tertiary/aromatic N) is 3. The molecule has 1 aromatic carbocycles. The summed E-state index contributed by atoms with van der Waals surface area (Å²) in [6.45, 7) is 3.18. The van der Waals surface area contributed by atoms with Crippen molar-refractivity contribution in [2.75, 3.05) is 6.61 Å². The molecule has 1 atom stereocenters. The number of nitro groups is 1. The van der Waals surface area contributed by atoms with E-state index in [1.165, 1.54) is 19.1 Å². The summed E-state index contributed by atoms with van der Waals surface area (Å²) in [5.74, 6) is -0.962. The highest BCUT2D eigenvalue weighted by atomic mass is 35.5. The summed E-state index contributed by atoms with van der Waals surface area (Å²) < 4.78 is 11.3. The lowest BCUT2D eigenvalue weighted by molar-refractivity contribution is -0.386. The molecule has 0 aliphatic heterocycles.